The van der Waals surface area contributed by atoms with Gasteiger partial charge in [0.2, 0.25) is 0 Å². The lowest BCUT2D eigenvalue weighted by Crippen LogP contribution is -2.26. The van der Waals surface area contributed by atoms with E-state index >= 15 is 0 Å². The number of carbonyl (C=O) groups excluding carboxylic acids is 1. The van der Waals surface area contributed by atoms with Gasteiger partial charge in [-0.15, -0.1) is 0 Å². The van der Waals surface area contributed by atoms with E-state index in [1.807, 2.05) is 24.3 Å². The van der Waals surface area contributed by atoms with Crippen LogP contribution in [-0.4, -0.2) is 11.9 Å². The number of para-hydroxylation sites is 1. The summed E-state index contributed by atoms with van der Waals surface area (Å²) in [5, 5.41) is 0. The molecule has 0 saturated carbocycles. The Balaban J connectivity index is 1.71. The van der Waals surface area contributed by atoms with E-state index in [0.29, 0.717) is 10.9 Å². The molecule has 2 aromatic carbocycles. The number of benzene rings is 2. The largest absolute Gasteiger partial charge is 0.482 e. The van der Waals surface area contributed by atoms with Gasteiger partial charge >= 0.3 is 0 Å². The number of fused-ring (bicyclic) bond motifs is 1. The minimum atomic E-state index is -0.434. The standard InChI is InChI=1S/C16H12BrFO2/c17-12-7-10(5-6-13(12)18)8-14(19)16-9-11-3-1-2-4-15(11)20-16/h1-7,16H,8-9H2. The van der Waals surface area contributed by atoms with Crippen molar-refractivity contribution in [2.45, 2.75) is 18.9 Å². The van der Waals surface area contributed by atoms with E-state index in [1.165, 1.54) is 6.07 Å². The van der Waals surface area contributed by atoms with Crippen molar-refractivity contribution in [1.29, 1.82) is 0 Å². The molecule has 3 rings (SSSR count). The van der Waals surface area contributed by atoms with E-state index in [4.69, 9.17) is 4.74 Å². The lowest BCUT2D eigenvalue weighted by Gasteiger charge is -2.09. The predicted octanol–water partition coefficient (Wildman–Crippen LogP) is 3.70. The number of carbonyl (C=O) groups is 1. The average Bonchev–Trinajstić information content (AvgIpc) is 2.87. The van der Waals surface area contributed by atoms with Crippen LogP contribution < -0.4 is 4.74 Å². The average molecular weight is 335 g/mol. The van der Waals surface area contributed by atoms with Crippen molar-refractivity contribution < 1.29 is 13.9 Å². The van der Waals surface area contributed by atoms with Crippen molar-refractivity contribution in [3.63, 3.8) is 0 Å². The van der Waals surface area contributed by atoms with Crippen LogP contribution in [0.3, 0.4) is 0 Å². The second kappa shape index (κ2) is 5.37. The molecule has 0 radical (unpaired) electrons. The molecular formula is C16H12BrFO2. The topological polar surface area (TPSA) is 26.3 Å². The third kappa shape index (κ3) is 2.61. The summed E-state index contributed by atoms with van der Waals surface area (Å²) in [6, 6.07) is 12.3. The molecule has 0 N–H and O–H groups in total. The molecule has 4 heteroatoms. The molecule has 0 aliphatic carbocycles. The lowest BCUT2D eigenvalue weighted by atomic mass is 10.0. The zero-order chi connectivity index (χ0) is 14.1. The van der Waals surface area contributed by atoms with Crippen LogP contribution in [0.2, 0.25) is 0 Å². The maximum atomic E-state index is 13.2. The van der Waals surface area contributed by atoms with Gasteiger partial charge in [-0.25, -0.2) is 4.39 Å². The Labute approximate surface area is 124 Å². The molecule has 2 aromatic rings. The highest BCUT2D eigenvalue weighted by atomic mass is 79.9. The van der Waals surface area contributed by atoms with Gasteiger partial charge in [0.15, 0.2) is 11.9 Å². The van der Waals surface area contributed by atoms with Crippen molar-refractivity contribution in [1.82, 2.24) is 0 Å². The first-order chi connectivity index (χ1) is 9.63. The fourth-order valence-electron chi connectivity index (χ4n) is 2.33. The van der Waals surface area contributed by atoms with Gasteiger partial charge in [0.25, 0.3) is 0 Å². The Morgan fingerprint density at radius 3 is 2.85 bits per heavy atom. The Morgan fingerprint density at radius 2 is 2.10 bits per heavy atom. The van der Waals surface area contributed by atoms with Gasteiger partial charge in [0, 0.05) is 12.8 Å². The summed E-state index contributed by atoms with van der Waals surface area (Å²) < 4.78 is 19.2. The van der Waals surface area contributed by atoms with Crippen LogP contribution in [-0.2, 0) is 17.6 Å². The van der Waals surface area contributed by atoms with Gasteiger partial charge in [-0.2, -0.15) is 0 Å². The molecule has 0 bridgehead atoms. The molecule has 0 saturated heterocycles. The van der Waals surface area contributed by atoms with Crippen LogP contribution in [0, 0.1) is 5.82 Å². The van der Waals surface area contributed by atoms with Gasteiger partial charge in [-0.05, 0) is 45.3 Å². The van der Waals surface area contributed by atoms with Crippen molar-refractivity contribution in [3.05, 3.63) is 63.9 Å². The first-order valence-electron chi connectivity index (χ1n) is 6.34. The summed E-state index contributed by atoms with van der Waals surface area (Å²) in [6.07, 6.45) is 0.422. The maximum Gasteiger partial charge on any atom is 0.177 e. The predicted molar refractivity (Wildman–Crippen MR) is 77.4 cm³/mol. The summed E-state index contributed by atoms with van der Waals surface area (Å²) in [6.45, 7) is 0. The zero-order valence-corrected chi connectivity index (χ0v) is 12.2. The highest BCUT2D eigenvalue weighted by molar-refractivity contribution is 9.10. The summed E-state index contributed by atoms with van der Waals surface area (Å²) in [5.74, 6) is 0.469. The van der Waals surface area contributed by atoms with E-state index in [1.54, 1.807) is 12.1 Å². The molecule has 102 valence electrons. The molecule has 1 aliphatic rings. The number of hydrogen-bond acceptors (Lipinski definition) is 2. The molecular weight excluding hydrogens is 323 g/mol. The van der Waals surface area contributed by atoms with E-state index < -0.39 is 6.10 Å². The Hall–Kier alpha value is -1.68. The summed E-state index contributed by atoms with van der Waals surface area (Å²) >= 11 is 3.13. The van der Waals surface area contributed by atoms with Crippen LogP contribution in [0.1, 0.15) is 11.1 Å². The van der Waals surface area contributed by atoms with Crippen molar-refractivity contribution >= 4 is 21.7 Å². The number of ether oxygens (including phenoxy) is 1. The van der Waals surface area contributed by atoms with Crippen LogP contribution in [0.25, 0.3) is 0 Å². The molecule has 0 amide bonds. The molecule has 20 heavy (non-hydrogen) atoms. The molecule has 0 spiro atoms. The summed E-state index contributed by atoms with van der Waals surface area (Å²) in [7, 11) is 0. The monoisotopic (exact) mass is 334 g/mol. The van der Waals surface area contributed by atoms with Crippen molar-refractivity contribution in [2.24, 2.45) is 0 Å². The second-order valence-corrected chi connectivity index (χ2v) is 5.66. The van der Waals surface area contributed by atoms with Crippen molar-refractivity contribution in [2.75, 3.05) is 0 Å². The molecule has 1 aliphatic heterocycles. The van der Waals surface area contributed by atoms with Crippen molar-refractivity contribution in [3.8, 4) is 5.75 Å². The first kappa shape index (κ1) is 13.3. The fraction of sp³-hybridized carbons (Fsp3) is 0.188. The lowest BCUT2D eigenvalue weighted by molar-refractivity contribution is -0.124. The van der Waals surface area contributed by atoms with E-state index in [-0.39, 0.29) is 18.0 Å². The summed E-state index contributed by atoms with van der Waals surface area (Å²) in [5.41, 5.74) is 1.84. The van der Waals surface area contributed by atoms with Crippen LogP contribution >= 0.6 is 15.9 Å². The Bertz CT molecular complexity index is 644. The Morgan fingerprint density at radius 1 is 1.30 bits per heavy atom. The van der Waals surface area contributed by atoms with Crippen LogP contribution in [0.4, 0.5) is 4.39 Å². The molecule has 1 heterocycles. The van der Waals surface area contributed by atoms with Gasteiger partial charge in [-0.3, -0.25) is 4.79 Å². The number of hydrogen-bond donors (Lipinski definition) is 0. The highest BCUT2D eigenvalue weighted by Gasteiger charge is 2.28. The van der Waals surface area contributed by atoms with Gasteiger partial charge in [0.05, 0.1) is 4.47 Å². The minimum Gasteiger partial charge on any atom is -0.482 e. The molecule has 0 fully saturated rings. The SMILES string of the molecule is O=C(Cc1ccc(F)c(Br)c1)C1Cc2ccccc2O1. The fourth-order valence-corrected chi connectivity index (χ4v) is 2.75. The maximum absolute atomic E-state index is 13.2. The van der Waals surface area contributed by atoms with Gasteiger partial charge < -0.3 is 4.74 Å². The van der Waals surface area contributed by atoms with E-state index in [9.17, 15) is 9.18 Å². The third-order valence-corrected chi connectivity index (χ3v) is 3.98. The van der Waals surface area contributed by atoms with Gasteiger partial charge in [0.1, 0.15) is 11.6 Å². The Kier molecular flexibility index (Phi) is 3.57. The number of rotatable bonds is 3. The minimum absolute atomic E-state index is 0.0136. The highest BCUT2D eigenvalue weighted by Crippen LogP contribution is 2.29. The van der Waals surface area contributed by atoms with E-state index in [2.05, 4.69) is 15.9 Å². The van der Waals surface area contributed by atoms with Gasteiger partial charge in [-0.1, -0.05) is 24.3 Å². The second-order valence-electron chi connectivity index (χ2n) is 4.81. The molecule has 2 nitrogen and oxygen atoms in total. The zero-order valence-electron chi connectivity index (χ0n) is 10.6. The normalized spacial score (nSPS) is 16.6. The van der Waals surface area contributed by atoms with Crippen LogP contribution in [0.15, 0.2) is 46.9 Å². The molecule has 0 aromatic heterocycles. The number of halogens is 2. The molecule has 1 atom stereocenters. The smallest absolute Gasteiger partial charge is 0.177 e. The third-order valence-electron chi connectivity index (χ3n) is 3.37. The number of Topliss-reactive ketones (excluding diaryl/α,β-unsaturated/α-hetero) is 1. The molecule has 1 unspecified atom stereocenters. The quantitative estimate of drug-likeness (QED) is 0.855. The first-order valence-corrected chi connectivity index (χ1v) is 7.14. The summed E-state index contributed by atoms with van der Waals surface area (Å²) in [4.78, 5) is 12.2. The van der Waals surface area contributed by atoms with Crippen LogP contribution in [0.5, 0.6) is 5.75 Å². The number of ketones is 1. The van der Waals surface area contributed by atoms with E-state index in [0.717, 1.165) is 16.9 Å².